The van der Waals surface area contributed by atoms with Crippen LogP contribution < -0.4 is 9.62 Å². The Bertz CT molecular complexity index is 983. The van der Waals surface area contributed by atoms with Crippen molar-refractivity contribution in [2.45, 2.75) is 37.5 Å². The lowest BCUT2D eigenvalue weighted by Gasteiger charge is -2.32. The van der Waals surface area contributed by atoms with Crippen LogP contribution in [0, 0.1) is 13.8 Å². The molecule has 0 fully saturated rings. The highest BCUT2D eigenvalue weighted by Crippen LogP contribution is 2.36. The van der Waals surface area contributed by atoms with Gasteiger partial charge in [-0.05, 0) is 62.1 Å². The molecule has 1 heterocycles. The van der Waals surface area contributed by atoms with Crippen LogP contribution in [-0.4, -0.2) is 41.8 Å². The molecule has 0 bridgehead atoms. The van der Waals surface area contributed by atoms with E-state index in [1.807, 2.05) is 63.5 Å². The maximum absolute atomic E-state index is 13.7. The summed E-state index contributed by atoms with van der Waals surface area (Å²) >= 11 is 0. The Morgan fingerprint density at radius 3 is 2.71 bits per heavy atom. The predicted molar refractivity (Wildman–Crippen MR) is 116 cm³/mol. The van der Waals surface area contributed by atoms with Gasteiger partial charge in [-0.15, -0.1) is 0 Å². The highest BCUT2D eigenvalue weighted by Gasteiger charge is 2.31. The molecule has 2 aromatic rings. The number of aryl methyl sites for hydroxylation is 3. The number of sulfonamides is 1. The van der Waals surface area contributed by atoms with E-state index in [1.165, 1.54) is 0 Å². The lowest BCUT2D eigenvalue weighted by atomic mass is 9.99. The van der Waals surface area contributed by atoms with Gasteiger partial charge in [0.25, 0.3) is 10.0 Å². The monoisotopic (exact) mass is 399 g/mol. The second-order valence-electron chi connectivity index (χ2n) is 7.36. The van der Waals surface area contributed by atoms with Gasteiger partial charge in [0.1, 0.15) is 0 Å². The number of aliphatic imine (C=N–C) groups is 1. The van der Waals surface area contributed by atoms with Crippen LogP contribution in [0.15, 0.2) is 46.3 Å². The van der Waals surface area contributed by atoms with Crippen LogP contribution in [-0.2, 0) is 16.4 Å². The zero-order chi connectivity index (χ0) is 20.3. The maximum Gasteiger partial charge on any atom is 0.264 e. The number of para-hydroxylation sites is 1. The summed E-state index contributed by atoms with van der Waals surface area (Å²) < 4.78 is 29.0. The highest BCUT2D eigenvalue weighted by molar-refractivity contribution is 7.92. The Labute approximate surface area is 168 Å². The highest BCUT2D eigenvalue weighted by atomic mass is 32.2. The van der Waals surface area contributed by atoms with Gasteiger partial charge < -0.3 is 10.3 Å². The summed E-state index contributed by atoms with van der Waals surface area (Å²) in [5, 5.41) is 3.16. The number of benzene rings is 2. The molecule has 1 unspecified atom stereocenters. The third-order valence-corrected chi connectivity index (χ3v) is 7.28. The summed E-state index contributed by atoms with van der Waals surface area (Å²) in [6.07, 6.45) is 3.61. The summed E-state index contributed by atoms with van der Waals surface area (Å²) in [4.78, 5) is 4.53. The normalized spacial score (nSPS) is 15.6. The van der Waals surface area contributed by atoms with Gasteiger partial charge >= 0.3 is 0 Å². The van der Waals surface area contributed by atoms with Gasteiger partial charge in [-0.2, -0.15) is 0 Å². The van der Waals surface area contributed by atoms with Gasteiger partial charge in [0.2, 0.25) is 0 Å². The van der Waals surface area contributed by atoms with Gasteiger partial charge in [-0.1, -0.05) is 30.3 Å². The minimum absolute atomic E-state index is 0.0277. The number of nitrogens with one attached hydrogen (secondary N) is 1. The zero-order valence-electron chi connectivity index (χ0n) is 17.1. The molecule has 0 amide bonds. The molecular formula is C22H29N3O2S. The van der Waals surface area contributed by atoms with Crippen LogP contribution in [0.1, 0.15) is 34.6 Å². The first-order valence-electron chi connectivity index (χ1n) is 9.68. The van der Waals surface area contributed by atoms with E-state index in [-0.39, 0.29) is 5.92 Å². The number of likely N-dealkylation sites (N-methyl/N-ethyl adjacent to an activating group) is 1. The van der Waals surface area contributed by atoms with Crippen molar-refractivity contribution < 1.29 is 8.42 Å². The van der Waals surface area contributed by atoms with E-state index in [0.29, 0.717) is 18.0 Å². The number of fused-ring (bicyclic) bond motifs is 1. The van der Waals surface area contributed by atoms with E-state index in [2.05, 4.69) is 10.3 Å². The molecule has 1 aliphatic rings. The van der Waals surface area contributed by atoms with Crippen LogP contribution in [0.5, 0.6) is 0 Å². The Morgan fingerprint density at radius 2 is 2.00 bits per heavy atom. The molecule has 150 valence electrons. The van der Waals surface area contributed by atoms with Crippen LogP contribution >= 0.6 is 0 Å². The lowest BCUT2D eigenvalue weighted by molar-refractivity contribution is 0.585. The third kappa shape index (κ3) is 3.84. The first-order chi connectivity index (χ1) is 13.4. The van der Waals surface area contributed by atoms with E-state index < -0.39 is 10.0 Å². The molecule has 1 N–H and O–H groups in total. The Hall–Kier alpha value is -2.18. The van der Waals surface area contributed by atoms with E-state index in [1.54, 1.807) is 11.4 Å². The molecule has 5 nitrogen and oxygen atoms in total. The fraction of sp³-hybridized carbons (Fsp3) is 0.409. The quantitative estimate of drug-likeness (QED) is 0.757. The average Bonchev–Trinajstić information content (AvgIpc) is 2.68. The van der Waals surface area contributed by atoms with Crippen LogP contribution in [0.3, 0.4) is 0 Å². The van der Waals surface area contributed by atoms with Gasteiger partial charge in [-0.3, -0.25) is 4.31 Å². The van der Waals surface area contributed by atoms with Crippen molar-refractivity contribution in [1.82, 2.24) is 5.32 Å². The minimum Gasteiger partial charge on any atom is -0.319 e. The van der Waals surface area contributed by atoms with E-state index in [4.69, 9.17) is 0 Å². The second-order valence-corrected chi connectivity index (χ2v) is 9.19. The molecule has 1 atom stereocenters. The van der Waals surface area contributed by atoms with Gasteiger partial charge in [0.05, 0.1) is 10.6 Å². The first-order valence-corrected chi connectivity index (χ1v) is 11.1. The molecule has 28 heavy (non-hydrogen) atoms. The van der Waals surface area contributed by atoms with Crippen molar-refractivity contribution in [3.05, 3.63) is 58.7 Å². The topological polar surface area (TPSA) is 61.8 Å². The standard InChI is InChI=1S/C22H29N3O2S/c1-16-10-11-19(20(14-23-3)15-24-4)13-21(16)28(26,27)25-12-6-9-18-8-5-7-17(2)22(18)25/h5,7-8,10-11,13-14,20,24H,6,9,12,15H2,1-4H3. The second kappa shape index (κ2) is 8.45. The van der Waals surface area contributed by atoms with Crippen molar-refractivity contribution in [1.29, 1.82) is 0 Å². The Kier molecular flexibility index (Phi) is 6.20. The minimum atomic E-state index is -3.65. The summed E-state index contributed by atoms with van der Waals surface area (Å²) in [5.41, 5.74) is 4.67. The van der Waals surface area contributed by atoms with Crippen molar-refractivity contribution in [2.75, 3.05) is 31.5 Å². The lowest BCUT2D eigenvalue weighted by Crippen LogP contribution is -2.36. The molecule has 6 heteroatoms. The average molecular weight is 400 g/mol. The number of nitrogens with zero attached hydrogens (tertiary/aromatic N) is 2. The summed E-state index contributed by atoms with van der Waals surface area (Å²) in [5.74, 6) is 0.0277. The fourth-order valence-corrected chi connectivity index (χ4v) is 5.81. The van der Waals surface area contributed by atoms with Crippen molar-refractivity contribution in [2.24, 2.45) is 4.99 Å². The summed E-state index contributed by atoms with van der Waals surface area (Å²) in [6, 6.07) is 11.7. The van der Waals surface area contributed by atoms with Crippen LogP contribution in [0.4, 0.5) is 5.69 Å². The number of anilines is 1. The Balaban J connectivity index is 2.10. The van der Waals surface area contributed by atoms with Crippen molar-refractivity contribution in [3.63, 3.8) is 0 Å². The molecule has 0 aromatic heterocycles. The molecular weight excluding hydrogens is 370 g/mol. The number of rotatable bonds is 6. The van der Waals surface area contributed by atoms with Crippen LogP contribution in [0.25, 0.3) is 0 Å². The van der Waals surface area contributed by atoms with E-state index in [9.17, 15) is 8.42 Å². The molecule has 3 rings (SSSR count). The predicted octanol–water partition coefficient (Wildman–Crippen LogP) is 3.45. The molecule has 0 aliphatic carbocycles. The molecule has 0 radical (unpaired) electrons. The third-order valence-electron chi connectivity index (χ3n) is 5.34. The fourth-order valence-electron chi connectivity index (χ4n) is 3.94. The smallest absolute Gasteiger partial charge is 0.264 e. The van der Waals surface area contributed by atoms with E-state index >= 15 is 0 Å². The van der Waals surface area contributed by atoms with Gasteiger partial charge in [-0.25, -0.2) is 8.42 Å². The molecule has 2 aromatic carbocycles. The molecule has 1 aliphatic heterocycles. The summed E-state index contributed by atoms with van der Waals surface area (Å²) in [6.45, 7) is 5.06. The first kappa shape index (κ1) is 20.6. The van der Waals surface area contributed by atoms with Crippen LogP contribution in [0.2, 0.25) is 0 Å². The SMILES string of the molecule is CN=CC(CNC)c1ccc(C)c(S(=O)(=O)N2CCCc3cccc(C)c32)c1. The Morgan fingerprint density at radius 1 is 1.21 bits per heavy atom. The largest absolute Gasteiger partial charge is 0.319 e. The van der Waals surface area contributed by atoms with Crippen molar-refractivity contribution in [3.8, 4) is 0 Å². The molecule has 0 saturated heterocycles. The molecule has 0 spiro atoms. The molecule has 0 saturated carbocycles. The van der Waals surface area contributed by atoms with Gasteiger partial charge in [0, 0.05) is 32.3 Å². The van der Waals surface area contributed by atoms with Crippen molar-refractivity contribution >= 4 is 21.9 Å². The summed E-state index contributed by atoms with van der Waals surface area (Å²) in [7, 11) is -0.0233. The van der Waals surface area contributed by atoms with E-state index in [0.717, 1.165) is 40.8 Å². The van der Waals surface area contributed by atoms with Gasteiger partial charge in [0.15, 0.2) is 0 Å². The maximum atomic E-state index is 13.7. The number of hydrogen-bond acceptors (Lipinski definition) is 4. The zero-order valence-corrected chi connectivity index (χ0v) is 17.9. The number of hydrogen-bond donors (Lipinski definition) is 1.